The van der Waals surface area contributed by atoms with Crippen molar-refractivity contribution in [3.05, 3.63) is 58.6 Å². The van der Waals surface area contributed by atoms with Crippen molar-refractivity contribution in [2.24, 2.45) is 0 Å². The summed E-state index contributed by atoms with van der Waals surface area (Å²) in [4.78, 5) is 12.1. The van der Waals surface area contributed by atoms with Crippen molar-refractivity contribution in [2.45, 2.75) is 33.2 Å². The molecule has 1 amide bonds. The number of hydrogen-bond donors (Lipinski definition) is 1. The van der Waals surface area contributed by atoms with Gasteiger partial charge in [-0.1, -0.05) is 29.8 Å². The summed E-state index contributed by atoms with van der Waals surface area (Å²) in [5.41, 5.74) is 2.31. The van der Waals surface area contributed by atoms with Crippen molar-refractivity contribution in [1.82, 2.24) is 5.32 Å². The smallest absolute Gasteiger partial charge is 0.232 e. The SMILES string of the molecule is CCOc1ccc(CNC(=O)CCCN(c2cc(Cl)ccc2C)S(C)(=O)=O)cc1. The molecule has 6 nitrogen and oxygen atoms in total. The van der Waals surface area contributed by atoms with Crippen LogP contribution < -0.4 is 14.4 Å². The molecule has 0 spiro atoms. The molecular weight excluding hydrogens is 412 g/mol. The lowest BCUT2D eigenvalue weighted by atomic mass is 10.2. The second-order valence-electron chi connectivity index (χ2n) is 6.72. The zero-order chi connectivity index (χ0) is 21.4. The molecule has 0 unspecified atom stereocenters. The Morgan fingerprint density at radius 1 is 1.17 bits per heavy atom. The third-order valence-electron chi connectivity index (χ3n) is 4.33. The van der Waals surface area contributed by atoms with E-state index in [2.05, 4.69) is 5.32 Å². The molecule has 2 aromatic rings. The molecule has 158 valence electrons. The maximum Gasteiger partial charge on any atom is 0.232 e. The molecule has 0 heterocycles. The maximum absolute atomic E-state index is 12.2. The maximum atomic E-state index is 12.2. The number of nitrogens with zero attached hydrogens (tertiary/aromatic N) is 1. The standard InChI is InChI=1S/C21H27ClN2O4S/c1-4-28-19-11-8-17(9-12-19)15-23-21(25)6-5-13-24(29(3,26)27)20-14-18(22)10-7-16(20)2/h7-12,14H,4-6,13,15H2,1-3H3,(H,23,25). The van der Waals surface area contributed by atoms with Crippen LogP contribution in [-0.2, 0) is 21.4 Å². The number of ether oxygens (including phenoxy) is 1. The first-order valence-electron chi connectivity index (χ1n) is 9.43. The summed E-state index contributed by atoms with van der Waals surface area (Å²) in [6.45, 7) is 4.97. The van der Waals surface area contributed by atoms with Crippen molar-refractivity contribution in [1.29, 1.82) is 0 Å². The molecule has 29 heavy (non-hydrogen) atoms. The molecule has 2 aromatic carbocycles. The van der Waals surface area contributed by atoms with E-state index in [-0.39, 0.29) is 18.9 Å². The van der Waals surface area contributed by atoms with Crippen LogP contribution in [0.1, 0.15) is 30.9 Å². The molecule has 0 aromatic heterocycles. The Morgan fingerprint density at radius 2 is 1.86 bits per heavy atom. The minimum absolute atomic E-state index is 0.129. The van der Waals surface area contributed by atoms with Gasteiger partial charge in [-0.15, -0.1) is 0 Å². The van der Waals surface area contributed by atoms with Crippen LogP contribution in [0.4, 0.5) is 5.69 Å². The zero-order valence-electron chi connectivity index (χ0n) is 16.9. The Kier molecular flexibility index (Phi) is 8.34. The third kappa shape index (κ3) is 7.25. The van der Waals surface area contributed by atoms with E-state index < -0.39 is 10.0 Å². The summed E-state index contributed by atoms with van der Waals surface area (Å²) in [6, 6.07) is 12.7. The van der Waals surface area contributed by atoms with E-state index in [1.54, 1.807) is 18.2 Å². The molecule has 0 aliphatic rings. The van der Waals surface area contributed by atoms with E-state index in [9.17, 15) is 13.2 Å². The first-order valence-corrected chi connectivity index (χ1v) is 11.7. The average molecular weight is 439 g/mol. The van der Waals surface area contributed by atoms with Gasteiger partial charge in [-0.05, 0) is 55.7 Å². The van der Waals surface area contributed by atoms with Crippen LogP contribution in [0.3, 0.4) is 0 Å². The molecule has 0 aliphatic heterocycles. The van der Waals surface area contributed by atoms with Crippen molar-refractivity contribution < 1.29 is 17.9 Å². The highest BCUT2D eigenvalue weighted by atomic mass is 35.5. The summed E-state index contributed by atoms with van der Waals surface area (Å²) < 4.78 is 31.1. The lowest BCUT2D eigenvalue weighted by Crippen LogP contribution is -2.32. The predicted molar refractivity (Wildman–Crippen MR) is 117 cm³/mol. The van der Waals surface area contributed by atoms with Crippen LogP contribution in [-0.4, -0.2) is 33.7 Å². The Morgan fingerprint density at radius 3 is 2.48 bits per heavy atom. The lowest BCUT2D eigenvalue weighted by Gasteiger charge is -2.24. The van der Waals surface area contributed by atoms with Gasteiger partial charge in [0.15, 0.2) is 0 Å². The largest absolute Gasteiger partial charge is 0.494 e. The Balaban J connectivity index is 1.89. The fraction of sp³-hybridized carbons (Fsp3) is 0.381. The second-order valence-corrected chi connectivity index (χ2v) is 9.07. The number of aryl methyl sites for hydroxylation is 1. The first-order chi connectivity index (χ1) is 13.7. The monoisotopic (exact) mass is 438 g/mol. The van der Waals surface area contributed by atoms with Crippen LogP contribution in [0.15, 0.2) is 42.5 Å². The predicted octanol–water partition coefficient (Wildman–Crippen LogP) is 3.91. The number of benzene rings is 2. The van der Waals surface area contributed by atoms with Gasteiger partial charge in [0.05, 0.1) is 18.6 Å². The van der Waals surface area contributed by atoms with Crippen LogP contribution in [0, 0.1) is 6.92 Å². The number of rotatable bonds is 10. The van der Waals surface area contributed by atoms with E-state index in [4.69, 9.17) is 16.3 Å². The van der Waals surface area contributed by atoms with Crippen LogP contribution >= 0.6 is 11.6 Å². The number of nitrogens with one attached hydrogen (secondary N) is 1. The summed E-state index contributed by atoms with van der Waals surface area (Å²) in [6.07, 6.45) is 1.77. The molecule has 0 saturated heterocycles. The number of sulfonamides is 1. The van der Waals surface area contributed by atoms with E-state index >= 15 is 0 Å². The van der Waals surface area contributed by atoms with Crippen LogP contribution in [0.25, 0.3) is 0 Å². The topological polar surface area (TPSA) is 75.7 Å². The Labute approximate surface area is 177 Å². The number of amides is 1. The van der Waals surface area contributed by atoms with Crippen LogP contribution in [0.2, 0.25) is 5.02 Å². The summed E-state index contributed by atoms with van der Waals surface area (Å²) in [7, 11) is -3.49. The van der Waals surface area contributed by atoms with Crippen molar-refractivity contribution in [2.75, 3.05) is 23.7 Å². The number of anilines is 1. The highest BCUT2D eigenvalue weighted by Crippen LogP contribution is 2.26. The van der Waals surface area contributed by atoms with Gasteiger partial charge in [-0.25, -0.2) is 8.42 Å². The molecule has 0 aliphatic carbocycles. The van der Waals surface area contributed by atoms with Crippen molar-refractivity contribution in [3.8, 4) is 5.75 Å². The molecular formula is C21H27ClN2O4S. The number of carbonyl (C=O) groups is 1. The molecule has 0 atom stereocenters. The van der Waals surface area contributed by atoms with E-state index in [1.807, 2.05) is 38.1 Å². The minimum Gasteiger partial charge on any atom is -0.494 e. The van der Waals surface area contributed by atoms with Gasteiger partial charge in [-0.2, -0.15) is 0 Å². The quantitative estimate of drug-likeness (QED) is 0.610. The fourth-order valence-corrected chi connectivity index (χ4v) is 4.04. The molecule has 8 heteroatoms. The van der Waals surface area contributed by atoms with Gasteiger partial charge in [0, 0.05) is 24.5 Å². The van der Waals surface area contributed by atoms with Gasteiger partial charge in [0.1, 0.15) is 5.75 Å². The first kappa shape index (κ1) is 23.0. The van der Waals surface area contributed by atoms with Crippen molar-refractivity contribution >= 4 is 33.2 Å². The number of carbonyl (C=O) groups excluding carboxylic acids is 1. The van der Waals surface area contributed by atoms with E-state index in [0.29, 0.717) is 30.3 Å². The lowest BCUT2D eigenvalue weighted by molar-refractivity contribution is -0.121. The minimum atomic E-state index is -3.49. The molecule has 0 bridgehead atoms. The van der Waals surface area contributed by atoms with E-state index in [1.165, 1.54) is 4.31 Å². The molecule has 2 rings (SSSR count). The summed E-state index contributed by atoms with van der Waals surface area (Å²) >= 11 is 6.03. The van der Waals surface area contributed by atoms with Gasteiger partial charge >= 0.3 is 0 Å². The highest BCUT2D eigenvalue weighted by molar-refractivity contribution is 7.92. The average Bonchev–Trinajstić information content (AvgIpc) is 2.66. The van der Waals surface area contributed by atoms with Crippen molar-refractivity contribution in [3.63, 3.8) is 0 Å². The second kappa shape index (κ2) is 10.5. The van der Waals surface area contributed by atoms with E-state index in [0.717, 1.165) is 23.1 Å². The van der Waals surface area contributed by atoms with Gasteiger partial charge < -0.3 is 10.1 Å². The molecule has 0 radical (unpaired) electrons. The summed E-state index contributed by atoms with van der Waals surface area (Å²) in [5.74, 6) is 0.662. The third-order valence-corrected chi connectivity index (χ3v) is 5.74. The Hall–Kier alpha value is -2.25. The van der Waals surface area contributed by atoms with Crippen LogP contribution in [0.5, 0.6) is 5.75 Å². The summed E-state index contributed by atoms with van der Waals surface area (Å²) in [5, 5.41) is 3.32. The zero-order valence-corrected chi connectivity index (χ0v) is 18.5. The normalized spacial score (nSPS) is 11.2. The number of hydrogen-bond acceptors (Lipinski definition) is 4. The van der Waals surface area contributed by atoms with Gasteiger partial charge in [0.25, 0.3) is 0 Å². The highest BCUT2D eigenvalue weighted by Gasteiger charge is 2.19. The Bertz CT molecular complexity index is 930. The fourth-order valence-electron chi connectivity index (χ4n) is 2.86. The molecule has 0 fully saturated rings. The molecule has 1 N–H and O–H groups in total. The van der Waals surface area contributed by atoms with Gasteiger partial charge in [-0.3, -0.25) is 9.10 Å². The molecule has 0 saturated carbocycles. The number of halogens is 1. The van der Waals surface area contributed by atoms with Gasteiger partial charge in [0.2, 0.25) is 15.9 Å².